The van der Waals surface area contributed by atoms with Gasteiger partial charge in [0.05, 0.1) is 27.2 Å². The van der Waals surface area contributed by atoms with Gasteiger partial charge in [-0.3, -0.25) is 4.79 Å². The minimum atomic E-state index is -0.810. The Balaban J connectivity index is 2.48. The van der Waals surface area contributed by atoms with Crippen LogP contribution in [-0.2, 0) is 4.79 Å². The molecule has 1 aromatic rings. The standard InChI is InChI=1S/C14H18O5/c1-17-10-7-11(18-2)14-9(6-13(15)16)4-3-5-19-12(14)8-10/h7-9H,3-6H2,1-2H3,(H,15,16). The lowest BCUT2D eigenvalue weighted by Gasteiger charge is -2.19. The molecule has 1 unspecified atom stereocenters. The van der Waals surface area contributed by atoms with Crippen LogP contribution in [0.5, 0.6) is 17.2 Å². The highest BCUT2D eigenvalue weighted by Gasteiger charge is 2.26. The minimum absolute atomic E-state index is 0.0824. The number of hydrogen-bond donors (Lipinski definition) is 1. The van der Waals surface area contributed by atoms with E-state index in [9.17, 15) is 4.79 Å². The van der Waals surface area contributed by atoms with E-state index in [1.807, 2.05) is 0 Å². The Kier molecular flexibility index (Phi) is 4.14. The van der Waals surface area contributed by atoms with Gasteiger partial charge in [-0.2, -0.15) is 0 Å². The molecule has 2 rings (SSSR count). The first kappa shape index (κ1) is 13.5. The lowest BCUT2D eigenvalue weighted by atomic mass is 9.90. The predicted molar refractivity (Wildman–Crippen MR) is 69.3 cm³/mol. The SMILES string of the molecule is COc1cc(OC)c2c(c1)OCCCC2CC(=O)O. The number of hydrogen-bond acceptors (Lipinski definition) is 4. The summed E-state index contributed by atoms with van der Waals surface area (Å²) in [5, 5.41) is 9.04. The number of methoxy groups -OCH3 is 2. The normalized spacial score (nSPS) is 17.9. The molecule has 19 heavy (non-hydrogen) atoms. The van der Waals surface area contributed by atoms with Gasteiger partial charge < -0.3 is 19.3 Å². The molecule has 0 saturated carbocycles. The summed E-state index contributed by atoms with van der Waals surface area (Å²) >= 11 is 0. The molecule has 0 amide bonds. The van der Waals surface area contributed by atoms with Crippen molar-refractivity contribution in [1.82, 2.24) is 0 Å². The van der Waals surface area contributed by atoms with Gasteiger partial charge in [-0.25, -0.2) is 0 Å². The Labute approximate surface area is 112 Å². The fourth-order valence-corrected chi connectivity index (χ4v) is 2.46. The third kappa shape index (κ3) is 2.92. The van der Waals surface area contributed by atoms with E-state index in [1.54, 1.807) is 26.4 Å². The molecule has 0 aromatic heterocycles. The first-order chi connectivity index (χ1) is 9.15. The van der Waals surface area contributed by atoms with E-state index < -0.39 is 5.97 Å². The van der Waals surface area contributed by atoms with Gasteiger partial charge >= 0.3 is 5.97 Å². The van der Waals surface area contributed by atoms with Crippen LogP contribution in [0.3, 0.4) is 0 Å². The summed E-state index contributed by atoms with van der Waals surface area (Å²) in [5.74, 6) is 1.04. The number of carboxylic acid groups (broad SMARTS) is 1. The van der Waals surface area contributed by atoms with Crippen LogP contribution in [0.15, 0.2) is 12.1 Å². The molecule has 0 fully saturated rings. The maximum absolute atomic E-state index is 11.0. The van der Waals surface area contributed by atoms with E-state index in [4.69, 9.17) is 19.3 Å². The van der Waals surface area contributed by atoms with Crippen LogP contribution in [0, 0.1) is 0 Å². The molecule has 1 heterocycles. The Bertz CT molecular complexity index is 469. The van der Waals surface area contributed by atoms with Gasteiger partial charge in [0.25, 0.3) is 0 Å². The number of ether oxygens (including phenoxy) is 3. The number of carbonyl (C=O) groups is 1. The van der Waals surface area contributed by atoms with Crippen molar-refractivity contribution in [1.29, 1.82) is 0 Å². The fraction of sp³-hybridized carbons (Fsp3) is 0.500. The number of rotatable bonds is 4. The molecule has 1 N–H and O–H groups in total. The van der Waals surface area contributed by atoms with Crippen molar-refractivity contribution in [3.8, 4) is 17.2 Å². The summed E-state index contributed by atoms with van der Waals surface area (Å²) in [7, 11) is 3.14. The summed E-state index contributed by atoms with van der Waals surface area (Å²) < 4.78 is 16.3. The largest absolute Gasteiger partial charge is 0.496 e. The zero-order valence-corrected chi connectivity index (χ0v) is 11.1. The molecule has 0 aliphatic carbocycles. The van der Waals surface area contributed by atoms with Crippen LogP contribution in [0.4, 0.5) is 0 Å². The van der Waals surface area contributed by atoms with E-state index in [2.05, 4.69) is 0 Å². The lowest BCUT2D eigenvalue weighted by molar-refractivity contribution is -0.137. The second-order valence-corrected chi connectivity index (χ2v) is 4.53. The van der Waals surface area contributed by atoms with Gasteiger partial charge in [0.15, 0.2) is 0 Å². The molecule has 1 aliphatic rings. The Morgan fingerprint density at radius 2 is 2.21 bits per heavy atom. The van der Waals surface area contributed by atoms with Gasteiger partial charge in [-0.15, -0.1) is 0 Å². The molecule has 1 atom stereocenters. The average Bonchev–Trinajstić information content (AvgIpc) is 2.59. The van der Waals surface area contributed by atoms with Crippen molar-refractivity contribution >= 4 is 5.97 Å². The third-order valence-electron chi connectivity index (χ3n) is 3.32. The van der Waals surface area contributed by atoms with Crippen LogP contribution in [0.25, 0.3) is 0 Å². The lowest BCUT2D eigenvalue weighted by Crippen LogP contribution is -2.07. The van der Waals surface area contributed by atoms with Crippen molar-refractivity contribution < 1.29 is 24.1 Å². The highest BCUT2D eigenvalue weighted by Crippen LogP contribution is 2.43. The topological polar surface area (TPSA) is 65.0 Å². The minimum Gasteiger partial charge on any atom is -0.496 e. The fourth-order valence-electron chi connectivity index (χ4n) is 2.46. The van der Waals surface area contributed by atoms with Crippen LogP contribution in [0.1, 0.15) is 30.7 Å². The van der Waals surface area contributed by atoms with E-state index in [-0.39, 0.29) is 12.3 Å². The van der Waals surface area contributed by atoms with E-state index in [1.165, 1.54) is 0 Å². The average molecular weight is 266 g/mol. The van der Waals surface area contributed by atoms with Gasteiger partial charge in [-0.1, -0.05) is 0 Å². The summed E-state index contributed by atoms with van der Waals surface area (Å²) in [6.45, 7) is 0.583. The number of benzene rings is 1. The summed E-state index contributed by atoms with van der Waals surface area (Å²) in [5.41, 5.74) is 0.836. The van der Waals surface area contributed by atoms with Crippen molar-refractivity contribution in [3.63, 3.8) is 0 Å². The van der Waals surface area contributed by atoms with Crippen LogP contribution in [-0.4, -0.2) is 31.9 Å². The molecule has 0 saturated heterocycles. The van der Waals surface area contributed by atoms with Gasteiger partial charge in [0.2, 0.25) is 0 Å². The molecule has 1 aromatic carbocycles. The molecule has 5 nitrogen and oxygen atoms in total. The van der Waals surface area contributed by atoms with Crippen molar-refractivity contribution in [2.24, 2.45) is 0 Å². The summed E-state index contributed by atoms with van der Waals surface area (Å²) in [6, 6.07) is 3.56. The summed E-state index contributed by atoms with van der Waals surface area (Å²) in [6.07, 6.45) is 1.69. The molecule has 5 heteroatoms. The number of fused-ring (bicyclic) bond motifs is 1. The Morgan fingerprint density at radius 1 is 1.42 bits per heavy atom. The van der Waals surface area contributed by atoms with E-state index in [0.717, 1.165) is 18.4 Å². The Morgan fingerprint density at radius 3 is 2.84 bits per heavy atom. The van der Waals surface area contributed by atoms with Crippen LogP contribution >= 0.6 is 0 Å². The zero-order chi connectivity index (χ0) is 13.8. The van der Waals surface area contributed by atoms with Gasteiger partial charge in [0, 0.05) is 23.6 Å². The maximum Gasteiger partial charge on any atom is 0.303 e. The van der Waals surface area contributed by atoms with Crippen molar-refractivity contribution in [2.75, 3.05) is 20.8 Å². The monoisotopic (exact) mass is 266 g/mol. The maximum atomic E-state index is 11.0. The molecule has 1 aliphatic heterocycles. The molecular weight excluding hydrogens is 248 g/mol. The summed E-state index contributed by atoms with van der Waals surface area (Å²) in [4.78, 5) is 11.0. The van der Waals surface area contributed by atoms with E-state index >= 15 is 0 Å². The Hall–Kier alpha value is -1.91. The first-order valence-corrected chi connectivity index (χ1v) is 6.26. The number of carboxylic acids is 1. The van der Waals surface area contributed by atoms with E-state index in [0.29, 0.717) is 23.9 Å². The van der Waals surface area contributed by atoms with Gasteiger partial charge in [0.1, 0.15) is 17.2 Å². The zero-order valence-electron chi connectivity index (χ0n) is 11.1. The molecule has 0 radical (unpaired) electrons. The van der Waals surface area contributed by atoms with Crippen molar-refractivity contribution in [2.45, 2.75) is 25.2 Å². The highest BCUT2D eigenvalue weighted by molar-refractivity contribution is 5.69. The molecule has 0 bridgehead atoms. The number of aliphatic carboxylic acids is 1. The van der Waals surface area contributed by atoms with Crippen molar-refractivity contribution in [3.05, 3.63) is 17.7 Å². The van der Waals surface area contributed by atoms with Crippen LogP contribution < -0.4 is 14.2 Å². The molecular formula is C14H18O5. The van der Waals surface area contributed by atoms with Gasteiger partial charge in [-0.05, 0) is 12.8 Å². The molecule has 0 spiro atoms. The first-order valence-electron chi connectivity index (χ1n) is 6.26. The smallest absolute Gasteiger partial charge is 0.303 e. The second kappa shape index (κ2) is 5.82. The highest BCUT2D eigenvalue weighted by atomic mass is 16.5. The van der Waals surface area contributed by atoms with Crippen LogP contribution in [0.2, 0.25) is 0 Å². The quantitative estimate of drug-likeness (QED) is 0.906. The third-order valence-corrected chi connectivity index (χ3v) is 3.32. The molecule has 104 valence electrons. The predicted octanol–water partition coefficient (Wildman–Crippen LogP) is 2.43. The second-order valence-electron chi connectivity index (χ2n) is 4.53.